The molecule has 1 aromatic rings. The van der Waals surface area contributed by atoms with Gasteiger partial charge in [0.1, 0.15) is 0 Å². The normalized spacial score (nSPS) is 17.3. The lowest BCUT2D eigenvalue weighted by molar-refractivity contribution is -0.121. The minimum atomic E-state index is -3.29. The Kier molecular flexibility index (Phi) is 8.52. The summed E-state index contributed by atoms with van der Waals surface area (Å²) in [4.78, 5) is 26.4. The summed E-state index contributed by atoms with van der Waals surface area (Å²) in [6.45, 7) is 1.34. The molecule has 0 saturated carbocycles. The van der Waals surface area contributed by atoms with E-state index in [1.807, 2.05) is 0 Å². The van der Waals surface area contributed by atoms with Crippen molar-refractivity contribution in [2.24, 2.45) is 5.73 Å². The van der Waals surface area contributed by atoms with Crippen molar-refractivity contribution in [2.45, 2.75) is 36.6 Å². The number of halogens is 1. The van der Waals surface area contributed by atoms with Crippen LogP contribution in [0, 0.1) is 0 Å². The van der Waals surface area contributed by atoms with Gasteiger partial charge in [0, 0.05) is 43.9 Å². The number of carbonyl (C=O) groups is 2. The van der Waals surface area contributed by atoms with Gasteiger partial charge in [-0.2, -0.15) is 0 Å². The average Bonchev–Trinajstić information content (AvgIpc) is 2.59. The zero-order valence-corrected chi connectivity index (χ0v) is 16.4. The fourth-order valence-corrected chi connectivity index (χ4v) is 3.57. The number of rotatable bonds is 6. The molecule has 1 aromatic carbocycles. The maximum absolute atomic E-state index is 12.8. The summed E-state index contributed by atoms with van der Waals surface area (Å²) in [6, 6.07) is 5.92. The predicted octanol–water partition coefficient (Wildman–Crippen LogP) is 0.972. The molecule has 1 heterocycles. The van der Waals surface area contributed by atoms with E-state index in [1.165, 1.54) is 24.3 Å². The smallest absolute Gasteiger partial charge is 0.254 e. The van der Waals surface area contributed by atoms with Crippen molar-refractivity contribution in [3.63, 3.8) is 0 Å². The fraction of sp³-hybridized carbons (Fsp3) is 0.529. The van der Waals surface area contributed by atoms with Gasteiger partial charge in [0.15, 0.2) is 9.84 Å². The van der Waals surface area contributed by atoms with Crippen LogP contribution in [0.15, 0.2) is 29.2 Å². The standard InChI is InChI=1S/C17H25N3O4S.ClH/c1-25(23,24)15-7-5-13(6-8-15)17(22)20-11-3-2-4-14(20)12-19-16(21)9-10-18;/h5-8,14H,2-4,9-12,18H2,1H3,(H,19,21);1H. The number of hydrogen-bond acceptors (Lipinski definition) is 5. The van der Waals surface area contributed by atoms with Crippen LogP contribution in [-0.4, -0.2) is 57.1 Å². The van der Waals surface area contributed by atoms with Crippen molar-refractivity contribution < 1.29 is 18.0 Å². The third-order valence-corrected chi connectivity index (χ3v) is 5.45. The zero-order valence-electron chi connectivity index (χ0n) is 14.8. The lowest BCUT2D eigenvalue weighted by atomic mass is 10.0. The molecule has 2 rings (SSSR count). The molecule has 1 aliphatic rings. The molecular formula is C17H26ClN3O4S. The van der Waals surface area contributed by atoms with Crippen LogP contribution in [0.4, 0.5) is 0 Å². The second-order valence-corrected chi connectivity index (χ2v) is 8.30. The third kappa shape index (κ3) is 5.96. The second kappa shape index (κ2) is 9.89. The lowest BCUT2D eigenvalue weighted by Gasteiger charge is -2.36. The predicted molar refractivity (Wildman–Crippen MR) is 102 cm³/mol. The van der Waals surface area contributed by atoms with Crippen molar-refractivity contribution in [3.8, 4) is 0 Å². The Balaban J connectivity index is 0.00000338. The van der Waals surface area contributed by atoms with E-state index in [0.717, 1.165) is 25.5 Å². The Morgan fingerprint density at radius 3 is 2.46 bits per heavy atom. The minimum absolute atomic E-state index is 0. The van der Waals surface area contributed by atoms with Crippen LogP contribution in [-0.2, 0) is 14.6 Å². The molecule has 1 aliphatic heterocycles. The van der Waals surface area contributed by atoms with Gasteiger partial charge in [0.05, 0.1) is 4.90 Å². The molecule has 1 atom stereocenters. The highest BCUT2D eigenvalue weighted by molar-refractivity contribution is 7.90. The molecule has 0 aromatic heterocycles. The molecule has 0 radical (unpaired) electrons. The number of amides is 2. The zero-order chi connectivity index (χ0) is 18.4. The first-order valence-electron chi connectivity index (χ1n) is 8.41. The number of piperidine rings is 1. The highest BCUT2D eigenvalue weighted by atomic mass is 35.5. The molecule has 0 spiro atoms. The second-order valence-electron chi connectivity index (χ2n) is 6.29. The first kappa shape index (κ1) is 22.4. The number of nitrogens with one attached hydrogen (secondary N) is 1. The van der Waals surface area contributed by atoms with Crippen LogP contribution in [0.3, 0.4) is 0 Å². The van der Waals surface area contributed by atoms with Crippen LogP contribution in [0.2, 0.25) is 0 Å². The molecule has 2 amide bonds. The van der Waals surface area contributed by atoms with E-state index in [0.29, 0.717) is 25.2 Å². The minimum Gasteiger partial charge on any atom is -0.354 e. The molecule has 9 heteroatoms. The van der Waals surface area contributed by atoms with E-state index in [1.54, 1.807) is 4.90 Å². The van der Waals surface area contributed by atoms with Gasteiger partial charge in [0.2, 0.25) is 5.91 Å². The quantitative estimate of drug-likeness (QED) is 0.735. The number of nitrogens with two attached hydrogens (primary N) is 1. The van der Waals surface area contributed by atoms with Crippen LogP contribution in [0.1, 0.15) is 36.0 Å². The van der Waals surface area contributed by atoms with Gasteiger partial charge in [-0.3, -0.25) is 9.59 Å². The van der Waals surface area contributed by atoms with E-state index in [4.69, 9.17) is 5.73 Å². The molecule has 1 saturated heterocycles. The summed E-state index contributed by atoms with van der Waals surface area (Å²) in [5, 5.41) is 2.83. The monoisotopic (exact) mass is 403 g/mol. The Bertz CT molecular complexity index is 722. The van der Waals surface area contributed by atoms with E-state index in [-0.39, 0.29) is 41.6 Å². The summed E-state index contributed by atoms with van der Waals surface area (Å²) in [5.41, 5.74) is 5.82. The number of hydrogen-bond donors (Lipinski definition) is 2. The maximum Gasteiger partial charge on any atom is 0.254 e. The van der Waals surface area contributed by atoms with Crippen LogP contribution in [0.25, 0.3) is 0 Å². The summed E-state index contributed by atoms with van der Waals surface area (Å²) in [5.74, 6) is -0.254. The lowest BCUT2D eigenvalue weighted by Crippen LogP contribution is -2.49. The van der Waals surface area contributed by atoms with E-state index < -0.39 is 9.84 Å². The van der Waals surface area contributed by atoms with Crippen molar-refractivity contribution >= 4 is 34.1 Å². The maximum atomic E-state index is 12.8. The third-order valence-electron chi connectivity index (χ3n) is 4.32. The summed E-state index contributed by atoms with van der Waals surface area (Å²) < 4.78 is 23.1. The van der Waals surface area contributed by atoms with E-state index >= 15 is 0 Å². The number of nitrogens with zero attached hydrogens (tertiary/aromatic N) is 1. The van der Waals surface area contributed by atoms with E-state index in [9.17, 15) is 18.0 Å². The summed E-state index contributed by atoms with van der Waals surface area (Å²) >= 11 is 0. The molecule has 0 bridgehead atoms. The van der Waals surface area contributed by atoms with Crippen LogP contribution >= 0.6 is 12.4 Å². The Morgan fingerprint density at radius 1 is 1.23 bits per heavy atom. The Labute approximate surface area is 160 Å². The average molecular weight is 404 g/mol. The number of carbonyl (C=O) groups excluding carboxylic acids is 2. The van der Waals surface area contributed by atoms with E-state index in [2.05, 4.69) is 5.32 Å². The largest absolute Gasteiger partial charge is 0.354 e. The molecule has 146 valence electrons. The van der Waals surface area contributed by atoms with Gasteiger partial charge in [-0.1, -0.05) is 0 Å². The molecule has 3 N–H and O–H groups in total. The number of likely N-dealkylation sites (tertiary alicyclic amines) is 1. The van der Waals surface area contributed by atoms with Crippen molar-refractivity contribution in [1.82, 2.24) is 10.2 Å². The van der Waals surface area contributed by atoms with Crippen LogP contribution in [0.5, 0.6) is 0 Å². The van der Waals surface area contributed by atoms with Gasteiger partial charge >= 0.3 is 0 Å². The highest BCUT2D eigenvalue weighted by Gasteiger charge is 2.27. The van der Waals surface area contributed by atoms with Gasteiger partial charge in [0.25, 0.3) is 5.91 Å². The molecule has 0 aliphatic carbocycles. The molecule has 7 nitrogen and oxygen atoms in total. The Morgan fingerprint density at radius 2 is 1.88 bits per heavy atom. The molecular weight excluding hydrogens is 378 g/mol. The SMILES string of the molecule is CS(=O)(=O)c1ccc(C(=O)N2CCCCC2CNC(=O)CCN)cc1.Cl. The first-order valence-corrected chi connectivity index (χ1v) is 10.3. The summed E-state index contributed by atoms with van der Waals surface area (Å²) in [6.07, 6.45) is 4.16. The van der Waals surface area contributed by atoms with Gasteiger partial charge < -0.3 is 16.0 Å². The van der Waals surface area contributed by atoms with Crippen molar-refractivity contribution in [1.29, 1.82) is 0 Å². The Hall–Kier alpha value is -1.64. The number of sulfone groups is 1. The topological polar surface area (TPSA) is 110 Å². The highest BCUT2D eigenvalue weighted by Crippen LogP contribution is 2.20. The van der Waals surface area contributed by atoms with Crippen molar-refractivity contribution in [3.05, 3.63) is 29.8 Å². The first-order chi connectivity index (χ1) is 11.8. The van der Waals surface area contributed by atoms with Gasteiger partial charge in [-0.05, 0) is 43.5 Å². The van der Waals surface area contributed by atoms with Crippen molar-refractivity contribution in [2.75, 3.05) is 25.9 Å². The summed E-state index contributed by atoms with van der Waals surface area (Å²) in [7, 11) is -3.29. The molecule has 26 heavy (non-hydrogen) atoms. The molecule has 1 fully saturated rings. The molecule has 1 unspecified atom stereocenters. The number of benzene rings is 1. The van der Waals surface area contributed by atoms with Gasteiger partial charge in [-0.15, -0.1) is 12.4 Å². The van der Waals surface area contributed by atoms with Crippen LogP contribution < -0.4 is 11.1 Å². The fourth-order valence-electron chi connectivity index (χ4n) is 2.94. The van der Waals surface area contributed by atoms with Gasteiger partial charge in [-0.25, -0.2) is 8.42 Å².